The van der Waals surface area contributed by atoms with E-state index in [9.17, 15) is 0 Å². The SMILES string of the molecule is CCOc1ncc(SC)s1. The molecule has 0 aliphatic carbocycles. The van der Waals surface area contributed by atoms with Crippen molar-refractivity contribution in [1.82, 2.24) is 4.98 Å². The summed E-state index contributed by atoms with van der Waals surface area (Å²) in [4.78, 5) is 4.05. The average molecular weight is 175 g/mol. The van der Waals surface area contributed by atoms with E-state index in [1.807, 2.05) is 19.4 Å². The third-order valence-electron chi connectivity index (χ3n) is 0.932. The van der Waals surface area contributed by atoms with Gasteiger partial charge in [-0.25, -0.2) is 4.98 Å². The van der Waals surface area contributed by atoms with E-state index < -0.39 is 0 Å². The first-order valence-corrected chi connectivity index (χ1v) is 5.03. The molecule has 1 aromatic rings. The zero-order valence-electron chi connectivity index (χ0n) is 5.96. The van der Waals surface area contributed by atoms with Crippen LogP contribution in [-0.2, 0) is 0 Å². The molecule has 0 aromatic carbocycles. The van der Waals surface area contributed by atoms with Crippen LogP contribution < -0.4 is 4.74 Å². The molecule has 0 fully saturated rings. The van der Waals surface area contributed by atoms with E-state index in [1.165, 1.54) is 4.21 Å². The van der Waals surface area contributed by atoms with Crippen LogP contribution in [0.2, 0.25) is 0 Å². The molecule has 0 atom stereocenters. The Kier molecular flexibility index (Phi) is 3.02. The number of hydrogen-bond donors (Lipinski definition) is 0. The molecule has 10 heavy (non-hydrogen) atoms. The van der Waals surface area contributed by atoms with Gasteiger partial charge >= 0.3 is 0 Å². The van der Waals surface area contributed by atoms with E-state index in [0.29, 0.717) is 6.61 Å². The van der Waals surface area contributed by atoms with Gasteiger partial charge in [-0.05, 0) is 13.2 Å². The smallest absolute Gasteiger partial charge is 0.274 e. The quantitative estimate of drug-likeness (QED) is 0.658. The Morgan fingerprint density at radius 3 is 3.10 bits per heavy atom. The van der Waals surface area contributed by atoms with Crippen molar-refractivity contribution in [2.75, 3.05) is 12.9 Å². The lowest BCUT2D eigenvalue weighted by Gasteiger charge is -1.92. The highest BCUT2D eigenvalue weighted by atomic mass is 32.2. The summed E-state index contributed by atoms with van der Waals surface area (Å²) in [5, 5.41) is 0.770. The van der Waals surface area contributed by atoms with Crippen molar-refractivity contribution < 1.29 is 4.74 Å². The summed E-state index contributed by atoms with van der Waals surface area (Å²) in [7, 11) is 0. The number of aromatic nitrogens is 1. The van der Waals surface area contributed by atoms with Crippen molar-refractivity contribution in [1.29, 1.82) is 0 Å². The largest absolute Gasteiger partial charge is 0.470 e. The van der Waals surface area contributed by atoms with Crippen LogP contribution >= 0.6 is 23.1 Å². The van der Waals surface area contributed by atoms with Gasteiger partial charge in [0.2, 0.25) is 0 Å². The van der Waals surface area contributed by atoms with Gasteiger partial charge in [0.1, 0.15) is 0 Å². The highest BCUT2D eigenvalue weighted by Crippen LogP contribution is 2.27. The Morgan fingerprint density at radius 2 is 2.60 bits per heavy atom. The lowest BCUT2D eigenvalue weighted by molar-refractivity contribution is 0.338. The predicted molar refractivity (Wildman–Crippen MR) is 45.1 cm³/mol. The fraction of sp³-hybridized carbons (Fsp3) is 0.500. The summed E-state index contributed by atoms with van der Waals surface area (Å²) in [6.07, 6.45) is 3.86. The molecule has 0 saturated heterocycles. The first-order valence-electron chi connectivity index (χ1n) is 2.99. The van der Waals surface area contributed by atoms with Crippen LogP contribution in [0.3, 0.4) is 0 Å². The minimum Gasteiger partial charge on any atom is -0.470 e. The first kappa shape index (κ1) is 7.88. The van der Waals surface area contributed by atoms with Crippen LogP contribution in [0.4, 0.5) is 0 Å². The summed E-state index contributed by atoms with van der Waals surface area (Å²) < 4.78 is 6.38. The van der Waals surface area contributed by atoms with E-state index in [1.54, 1.807) is 23.1 Å². The minimum absolute atomic E-state index is 0.696. The Morgan fingerprint density at radius 1 is 1.80 bits per heavy atom. The molecule has 0 bridgehead atoms. The summed E-state index contributed by atoms with van der Waals surface area (Å²) in [6, 6.07) is 0. The highest BCUT2D eigenvalue weighted by molar-refractivity contribution is 8.00. The van der Waals surface area contributed by atoms with E-state index in [-0.39, 0.29) is 0 Å². The average Bonchev–Trinajstić information content (AvgIpc) is 2.37. The molecule has 0 aliphatic heterocycles. The second-order valence-electron chi connectivity index (χ2n) is 1.58. The maximum Gasteiger partial charge on any atom is 0.274 e. The van der Waals surface area contributed by atoms with Gasteiger partial charge in [-0.2, -0.15) is 0 Å². The van der Waals surface area contributed by atoms with Crippen molar-refractivity contribution in [2.45, 2.75) is 11.1 Å². The van der Waals surface area contributed by atoms with Gasteiger partial charge in [0.15, 0.2) is 0 Å². The first-order chi connectivity index (χ1) is 4.86. The molecule has 1 aromatic heterocycles. The molecule has 0 saturated carbocycles. The van der Waals surface area contributed by atoms with Crippen molar-refractivity contribution in [3.05, 3.63) is 6.20 Å². The molecule has 0 unspecified atom stereocenters. The number of thioether (sulfide) groups is 1. The molecule has 1 rings (SSSR count). The molecule has 1 heterocycles. The van der Waals surface area contributed by atoms with Crippen LogP contribution in [-0.4, -0.2) is 17.8 Å². The zero-order valence-corrected chi connectivity index (χ0v) is 7.59. The van der Waals surface area contributed by atoms with E-state index >= 15 is 0 Å². The van der Waals surface area contributed by atoms with Crippen molar-refractivity contribution in [3.63, 3.8) is 0 Å². The van der Waals surface area contributed by atoms with Crippen molar-refractivity contribution in [3.8, 4) is 5.19 Å². The standard InChI is InChI=1S/C6H9NOS2/c1-3-8-6-7-4-5(9-2)10-6/h4H,3H2,1-2H3. The summed E-state index contributed by atoms with van der Waals surface area (Å²) in [5.41, 5.74) is 0. The number of rotatable bonds is 3. The Bertz CT molecular complexity index is 199. The lowest BCUT2D eigenvalue weighted by atomic mass is 10.9. The van der Waals surface area contributed by atoms with Crippen LogP contribution in [0.5, 0.6) is 5.19 Å². The number of hydrogen-bond acceptors (Lipinski definition) is 4. The van der Waals surface area contributed by atoms with Gasteiger partial charge < -0.3 is 4.74 Å². The van der Waals surface area contributed by atoms with E-state index in [4.69, 9.17) is 4.74 Å². The second kappa shape index (κ2) is 3.83. The second-order valence-corrected chi connectivity index (χ2v) is 3.68. The normalized spacial score (nSPS) is 9.80. The van der Waals surface area contributed by atoms with E-state index in [0.717, 1.165) is 5.19 Å². The fourth-order valence-corrected chi connectivity index (χ4v) is 1.79. The number of ether oxygens (including phenoxy) is 1. The Balaban J connectivity index is 2.59. The summed E-state index contributed by atoms with van der Waals surface area (Å²) in [6.45, 7) is 2.65. The molecule has 2 nitrogen and oxygen atoms in total. The number of nitrogens with zero attached hydrogens (tertiary/aromatic N) is 1. The van der Waals surface area contributed by atoms with Gasteiger partial charge in [-0.3, -0.25) is 0 Å². The Hall–Kier alpha value is -0.220. The fourth-order valence-electron chi connectivity index (χ4n) is 0.529. The molecular weight excluding hydrogens is 166 g/mol. The molecule has 0 N–H and O–H groups in total. The van der Waals surface area contributed by atoms with E-state index in [2.05, 4.69) is 4.98 Å². The van der Waals surface area contributed by atoms with Crippen molar-refractivity contribution >= 4 is 23.1 Å². The van der Waals surface area contributed by atoms with Gasteiger partial charge in [0.25, 0.3) is 5.19 Å². The Labute approximate surface area is 68.6 Å². The van der Waals surface area contributed by atoms with Crippen LogP contribution in [0, 0.1) is 0 Å². The predicted octanol–water partition coefficient (Wildman–Crippen LogP) is 2.26. The summed E-state index contributed by atoms with van der Waals surface area (Å²) in [5.74, 6) is 0. The maximum atomic E-state index is 5.18. The molecule has 0 spiro atoms. The molecule has 0 amide bonds. The maximum absolute atomic E-state index is 5.18. The van der Waals surface area contributed by atoms with Gasteiger partial charge in [-0.15, -0.1) is 11.8 Å². The van der Waals surface area contributed by atoms with Gasteiger partial charge in [-0.1, -0.05) is 11.3 Å². The molecule has 4 heteroatoms. The van der Waals surface area contributed by atoms with Crippen LogP contribution in [0.25, 0.3) is 0 Å². The highest BCUT2D eigenvalue weighted by Gasteiger charge is 1.98. The molecule has 0 radical (unpaired) electrons. The topological polar surface area (TPSA) is 22.1 Å². The van der Waals surface area contributed by atoms with Gasteiger partial charge in [0, 0.05) is 0 Å². The molecule has 0 aliphatic rings. The summed E-state index contributed by atoms with van der Waals surface area (Å²) >= 11 is 3.28. The van der Waals surface area contributed by atoms with Gasteiger partial charge in [0.05, 0.1) is 17.0 Å². The van der Waals surface area contributed by atoms with Crippen LogP contribution in [0.15, 0.2) is 10.4 Å². The third kappa shape index (κ3) is 1.88. The molecule has 56 valence electrons. The third-order valence-corrected chi connectivity index (χ3v) is 2.89. The molecular formula is C6H9NOS2. The lowest BCUT2D eigenvalue weighted by Crippen LogP contribution is -1.88. The number of thiazole rings is 1. The van der Waals surface area contributed by atoms with Crippen molar-refractivity contribution in [2.24, 2.45) is 0 Å². The minimum atomic E-state index is 0.696. The monoisotopic (exact) mass is 175 g/mol. The zero-order chi connectivity index (χ0) is 7.40. The van der Waals surface area contributed by atoms with Crippen LogP contribution in [0.1, 0.15) is 6.92 Å².